The number of rotatable bonds is 4. The zero-order valence-electron chi connectivity index (χ0n) is 17.3. The van der Waals surface area contributed by atoms with Crippen LogP contribution in [0.25, 0.3) is 11.4 Å². The number of anilines is 1. The number of carbonyl (C=O) groups is 1. The van der Waals surface area contributed by atoms with Gasteiger partial charge in [0.15, 0.2) is 28.3 Å². The lowest BCUT2D eigenvalue weighted by Crippen LogP contribution is -2.49. The van der Waals surface area contributed by atoms with Gasteiger partial charge in [-0.05, 0) is 30.3 Å². The van der Waals surface area contributed by atoms with Gasteiger partial charge in [-0.3, -0.25) is 15.1 Å². The molecule has 3 aromatic rings. The van der Waals surface area contributed by atoms with E-state index in [9.17, 15) is 13.6 Å². The number of nitrogens with one attached hydrogen (secondary N) is 2. The van der Waals surface area contributed by atoms with Crippen LogP contribution in [-0.2, 0) is 10.5 Å². The molecule has 2 atom stereocenters. The van der Waals surface area contributed by atoms with Crippen molar-refractivity contribution in [2.45, 2.75) is 11.9 Å². The van der Waals surface area contributed by atoms with E-state index in [2.05, 4.69) is 26.0 Å². The van der Waals surface area contributed by atoms with Crippen LogP contribution >= 0.6 is 11.8 Å². The third kappa shape index (κ3) is 3.67. The van der Waals surface area contributed by atoms with Gasteiger partial charge in [-0.15, -0.1) is 0 Å². The first-order valence-corrected chi connectivity index (χ1v) is 11.3. The Bertz CT molecular complexity index is 1320. The molecule has 3 aliphatic rings. The van der Waals surface area contributed by atoms with E-state index in [0.29, 0.717) is 40.5 Å². The van der Waals surface area contributed by atoms with E-state index >= 15 is 0 Å². The first kappa shape index (κ1) is 21.0. The normalized spacial score (nSPS) is 21.1. The van der Waals surface area contributed by atoms with Crippen LogP contribution in [0, 0.1) is 17.6 Å². The predicted molar refractivity (Wildman–Crippen MR) is 117 cm³/mol. The van der Waals surface area contributed by atoms with Crippen molar-refractivity contribution in [3.8, 4) is 22.9 Å². The van der Waals surface area contributed by atoms with Crippen molar-refractivity contribution in [3.63, 3.8) is 0 Å². The first-order chi connectivity index (χ1) is 16.6. The molecule has 2 unspecified atom stereocenters. The lowest BCUT2D eigenvalue weighted by atomic mass is 10.0. The molecule has 4 heterocycles. The molecule has 2 N–H and O–H groups in total. The topological polar surface area (TPSA) is 114 Å². The molecule has 13 heteroatoms. The number of hydrogen-bond donors (Lipinski definition) is 2. The molecule has 0 bridgehead atoms. The highest BCUT2D eigenvalue weighted by atomic mass is 32.2. The van der Waals surface area contributed by atoms with Crippen molar-refractivity contribution in [1.82, 2.24) is 21.0 Å². The Labute approximate surface area is 195 Å². The minimum absolute atomic E-state index is 0.161. The molecule has 0 aliphatic carbocycles. The van der Waals surface area contributed by atoms with Gasteiger partial charge in [0.05, 0.1) is 17.4 Å². The molecule has 34 heavy (non-hydrogen) atoms. The fraction of sp³-hybridized carbons (Fsp3) is 0.238. The number of thioether (sulfide) groups is 1. The summed E-state index contributed by atoms with van der Waals surface area (Å²) in [5.74, 6) is -0.679. The van der Waals surface area contributed by atoms with E-state index in [1.807, 2.05) is 0 Å². The number of aliphatic imine (C=N–C) groups is 1. The van der Waals surface area contributed by atoms with Gasteiger partial charge in [0.1, 0.15) is 6.17 Å². The van der Waals surface area contributed by atoms with E-state index in [0.717, 1.165) is 12.1 Å². The van der Waals surface area contributed by atoms with Crippen molar-refractivity contribution >= 4 is 28.5 Å². The van der Waals surface area contributed by atoms with E-state index < -0.39 is 23.7 Å². The van der Waals surface area contributed by atoms with Crippen LogP contribution in [0.5, 0.6) is 11.5 Å². The number of aromatic nitrogens is 2. The van der Waals surface area contributed by atoms with E-state index in [-0.39, 0.29) is 24.1 Å². The highest BCUT2D eigenvalue weighted by molar-refractivity contribution is 8.13. The Morgan fingerprint density at radius 3 is 2.88 bits per heavy atom. The Kier molecular flexibility index (Phi) is 5.16. The van der Waals surface area contributed by atoms with Crippen molar-refractivity contribution in [3.05, 3.63) is 53.9 Å². The van der Waals surface area contributed by atoms with E-state index in [1.54, 1.807) is 18.2 Å². The van der Waals surface area contributed by atoms with Gasteiger partial charge in [0.25, 0.3) is 0 Å². The SMILES string of the molecule is O=C1C2CNNC2N=C(SCc2nc(-c3ccc4c(c3)OCO4)no2)N1c1ccc(F)c(F)c1. The number of benzene rings is 2. The Balaban J connectivity index is 1.24. The molecule has 1 fully saturated rings. The second-order valence-corrected chi connectivity index (χ2v) is 8.57. The number of ether oxygens (including phenoxy) is 2. The molecule has 174 valence electrons. The summed E-state index contributed by atoms with van der Waals surface area (Å²) in [5.41, 5.74) is 6.75. The van der Waals surface area contributed by atoms with Crippen LogP contribution in [0.4, 0.5) is 14.5 Å². The predicted octanol–water partition coefficient (Wildman–Crippen LogP) is 2.43. The van der Waals surface area contributed by atoms with Crippen LogP contribution < -0.4 is 25.2 Å². The van der Waals surface area contributed by atoms with Crippen molar-refractivity contribution in [2.75, 3.05) is 18.2 Å². The fourth-order valence-electron chi connectivity index (χ4n) is 3.82. The van der Waals surface area contributed by atoms with Gasteiger partial charge in [-0.25, -0.2) is 19.2 Å². The zero-order valence-corrected chi connectivity index (χ0v) is 18.1. The van der Waals surface area contributed by atoms with Gasteiger partial charge in [0, 0.05) is 18.2 Å². The summed E-state index contributed by atoms with van der Waals surface area (Å²) < 4.78 is 43.5. The molecule has 6 rings (SSSR count). The first-order valence-electron chi connectivity index (χ1n) is 10.3. The second kappa shape index (κ2) is 8.34. The molecular weight excluding hydrogens is 470 g/mol. The molecule has 1 amide bonds. The number of fused-ring (bicyclic) bond motifs is 2. The standard InChI is InChI=1S/C21H16F2N6O4S/c22-13-3-2-11(6-14(13)23)29-20(30)12-7-24-27-19(12)26-21(29)34-8-17-25-18(28-33-17)10-1-4-15-16(5-10)32-9-31-15/h1-6,12,19,24,27H,7-9H2. The zero-order chi connectivity index (χ0) is 23.2. The summed E-state index contributed by atoms with van der Waals surface area (Å²) >= 11 is 1.17. The Morgan fingerprint density at radius 2 is 2.00 bits per heavy atom. The number of amidine groups is 1. The van der Waals surface area contributed by atoms with Crippen LogP contribution in [0.2, 0.25) is 0 Å². The van der Waals surface area contributed by atoms with Crippen LogP contribution in [0.3, 0.4) is 0 Å². The molecule has 2 aromatic carbocycles. The molecule has 0 spiro atoms. The van der Waals surface area contributed by atoms with Gasteiger partial charge >= 0.3 is 0 Å². The Hall–Kier alpha value is -3.55. The summed E-state index contributed by atoms with van der Waals surface area (Å²) in [6, 6.07) is 8.62. The third-order valence-corrected chi connectivity index (χ3v) is 6.45. The summed E-state index contributed by atoms with van der Waals surface area (Å²) in [7, 11) is 0. The molecule has 10 nitrogen and oxygen atoms in total. The van der Waals surface area contributed by atoms with Crippen molar-refractivity contribution < 1.29 is 27.6 Å². The van der Waals surface area contributed by atoms with Gasteiger partial charge in [-0.1, -0.05) is 16.9 Å². The number of carbonyl (C=O) groups excluding carboxylic acids is 1. The van der Waals surface area contributed by atoms with Gasteiger partial charge in [-0.2, -0.15) is 4.98 Å². The minimum Gasteiger partial charge on any atom is -0.454 e. The largest absolute Gasteiger partial charge is 0.454 e. The maximum absolute atomic E-state index is 13.9. The van der Waals surface area contributed by atoms with Crippen molar-refractivity contribution in [2.24, 2.45) is 10.9 Å². The van der Waals surface area contributed by atoms with Crippen LogP contribution in [0.15, 0.2) is 45.9 Å². The highest BCUT2D eigenvalue weighted by Gasteiger charge is 2.42. The quantitative estimate of drug-likeness (QED) is 0.574. The van der Waals surface area contributed by atoms with Crippen molar-refractivity contribution in [1.29, 1.82) is 0 Å². The molecule has 0 saturated carbocycles. The fourth-order valence-corrected chi connectivity index (χ4v) is 4.71. The van der Waals surface area contributed by atoms with Crippen LogP contribution in [0.1, 0.15) is 5.89 Å². The summed E-state index contributed by atoms with van der Waals surface area (Å²) in [6.45, 7) is 0.530. The number of nitrogens with zero attached hydrogens (tertiary/aromatic N) is 4. The average molecular weight is 486 g/mol. The van der Waals surface area contributed by atoms with E-state index in [4.69, 9.17) is 14.0 Å². The third-order valence-electron chi connectivity index (χ3n) is 5.52. The van der Waals surface area contributed by atoms with E-state index in [1.165, 1.54) is 22.7 Å². The lowest BCUT2D eigenvalue weighted by molar-refractivity contribution is -0.121. The molecular formula is C21H16F2N6O4S. The number of halogens is 2. The summed E-state index contributed by atoms with van der Waals surface area (Å²) in [5, 5.41) is 4.31. The van der Waals surface area contributed by atoms with Gasteiger partial charge in [0.2, 0.25) is 24.4 Å². The highest BCUT2D eigenvalue weighted by Crippen LogP contribution is 2.35. The molecule has 0 radical (unpaired) electrons. The van der Waals surface area contributed by atoms with Crippen LogP contribution in [-0.4, -0.2) is 40.7 Å². The lowest BCUT2D eigenvalue weighted by Gasteiger charge is -2.32. The smallest absolute Gasteiger partial charge is 0.241 e. The molecule has 1 aromatic heterocycles. The minimum atomic E-state index is -1.05. The number of amides is 1. The second-order valence-electron chi connectivity index (χ2n) is 7.63. The Morgan fingerprint density at radius 1 is 1.12 bits per heavy atom. The van der Waals surface area contributed by atoms with Gasteiger partial charge < -0.3 is 14.0 Å². The molecule has 3 aliphatic heterocycles. The number of hydrazine groups is 1. The molecule has 1 saturated heterocycles. The summed E-state index contributed by atoms with van der Waals surface area (Å²) in [6.07, 6.45) is -0.469. The monoisotopic (exact) mass is 486 g/mol. The maximum Gasteiger partial charge on any atom is 0.241 e. The average Bonchev–Trinajstić information content (AvgIpc) is 3.59. The summed E-state index contributed by atoms with van der Waals surface area (Å²) in [4.78, 5) is 23.5. The number of hydrogen-bond acceptors (Lipinski definition) is 10. The maximum atomic E-state index is 13.9.